The van der Waals surface area contributed by atoms with Gasteiger partial charge in [0.25, 0.3) is 0 Å². The fourth-order valence-electron chi connectivity index (χ4n) is 1.51. The highest BCUT2D eigenvalue weighted by Gasteiger charge is 2.13. The average molecular weight is 329 g/mol. The summed E-state index contributed by atoms with van der Waals surface area (Å²) in [4.78, 5) is 2.21. The predicted octanol–water partition coefficient (Wildman–Crippen LogP) is 3.73. The van der Waals surface area contributed by atoms with Crippen LogP contribution in [-0.2, 0) is 5.75 Å². The summed E-state index contributed by atoms with van der Waals surface area (Å²) in [6.07, 6.45) is 0. The van der Waals surface area contributed by atoms with Gasteiger partial charge >= 0.3 is 0 Å². The van der Waals surface area contributed by atoms with E-state index in [1.165, 1.54) is 9.55 Å². The van der Waals surface area contributed by atoms with Crippen LogP contribution in [-0.4, -0.2) is 14.9 Å². The first-order valence-electron chi connectivity index (χ1n) is 5.35. The second-order valence-electron chi connectivity index (χ2n) is 3.65. The molecule has 3 aromatic heterocycles. The molecule has 98 valence electrons. The van der Waals surface area contributed by atoms with E-state index in [1.54, 1.807) is 34.4 Å². The maximum Gasteiger partial charge on any atom is 0.210 e. The Labute approximate surface area is 127 Å². The number of rotatable bonds is 4. The molecular weight excluding hydrogens is 320 g/mol. The molecule has 0 aromatic carbocycles. The Bertz CT molecular complexity index is 674. The molecule has 0 atom stereocenters. The maximum atomic E-state index is 6.02. The van der Waals surface area contributed by atoms with Gasteiger partial charge in [-0.15, -0.1) is 32.9 Å². The van der Waals surface area contributed by atoms with Crippen molar-refractivity contribution in [3.63, 3.8) is 0 Å². The van der Waals surface area contributed by atoms with Crippen LogP contribution in [0.25, 0.3) is 10.7 Å². The van der Waals surface area contributed by atoms with E-state index >= 15 is 0 Å². The van der Waals surface area contributed by atoms with Gasteiger partial charge < -0.3 is 5.84 Å². The van der Waals surface area contributed by atoms with Crippen molar-refractivity contribution in [2.45, 2.75) is 10.9 Å². The van der Waals surface area contributed by atoms with Crippen molar-refractivity contribution in [3.8, 4) is 10.7 Å². The van der Waals surface area contributed by atoms with Crippen LogP contribution in [0.1, 0.15) is 4.88 Å². The largest absolute Gasteiger partial charge is 0.335 e. The first-order chi connectivity index (χ1) is 9.24. The summed E-state index contributed by atoms with van der Waals surface area (Å²) in [5.74, 6) is 7.50. The van der Waals surface area contributed by atoms with Crippen molar-refractivity contribution in [2.24, 2.45) is 0 Å². The number of aromatic nitrogens is 3. The first-order valence-corrected chi connectivity index (χ1v) is 8.41. The van der Waals surface area contributed by atoms with Crippen LogP contribution in [0.15, 0.2) is 34.8 Å². The van der Waals surface area contributed by atoms with E-state index in [9.17, 15) is 0 Å². The molecule has 3 rings (SSSR count). The molecule has 0 aliphatic rings. The van der Waals surface area contributed by atoms with Gasteiger partial charge in [0.2, 0.25) is 5.16 Å². The van der Waals surface area contributed by atoms with Crippen LogP contribution >= 0.6 is 46.0 Å². The van der Waals surface area contributed by atoms with Gasteiger partial charge in [-0.05, 0) is 23.6 Å². The Balaban J connectivity index is 1.75. The second-order valence-corrected chi connectivity index (χ2v) is 7.34. The van der Waals surface area contributed by atoms with E-state index < -0.39 is 0 Å². The van der Waals surface area contributed by atoms with E-state index in [4.69, 9.17) is 17.4 Å². The minimum Gasteiger partial charge on any atom is -0.335 e. The summed E-state index contributed by atoms with van der Waals surface area (Å²) in [6, 6.07) is 7.85. The number of nitrogens with two attached hydrogens (primary N) is 1. The van der Waals surface area contributed by atoms with E-state index in [-0.39, 0.29) is 0 Å². The van der Waals surface area contributed by atoms with Crippen molar-refractivity contribution in [2.75, 3.05) is 5.84 Å². The van der Waals surface area contributed by atoms with Gasteiger partial charge in [-0.2, -0.15) is 0 Å². The molecule has 3 aromatic rings. The predicted molar refractivity (Wildman–Crippen MR) is 82.4 cm³/mol. The molecule has 4 nitrogen and oxygen atoms in total. The normalized spacial score (nSPS) is 11.0. The number of thioether (sulfide) groups is 1. The van der Waals surface area contributed by atoms with Gasteiger partial charge in [0.15, 0.2) is 5.82 Å². The van der Waals surface area contributed by atoms with E-state index in [1.807, 2.05) is 29.6 Å². The number of nitrogens with zero attached hydrogens (tertiary/aromatic N) is 3. The number of thiophene rings is 2. The molecule has 8 heteroatoms. The lowest BCUT2D eigenvalue weighted by molar-refractivity contribution is 0.850. The van der Waals surface area contributed by atoms with Crippen LogP contribution < -0.4 is 5.84 Å². The van der Waals surface area contributed by atoms with Crippen LogP contribution in [0.2, 0.25) is 4.34 Å². The minimum absolute atomic E-state index is 0.696. The molecule has 0 aliphatic carbocycles. The Hall–Kier alpha value is -1.02. The highest BCUT2D eigenvalue weighted by Crippen LogP contribution is 2.30. The summed E-state index contributed by atoms with van der Waals surface area (Å²) in [5.41, 5.74) is 0. The third-order valence-corrected chi connectivity index (χ3v) is 5.65. The van der Waals surface area contributed by atoms with Gasteiger partial charge in [-0.25, -0.2) is 4.68 Å². The average Bonchev–Trinajstić information content (AvgIpc) is 3.09. The van der Waals surface area contributed by atoms with E-state index in [2.05, 4.69) is 10.2 Å². The zero-order valence-corrected chi connectivity index (χ0v) is 12.8. The van der Waals surface area contributed by atoms with Crippen LogP contribution in [0, 0.1) is 0 Å². The monoisotopic (exact) mass is 328 g/mol. The molecule has 0 unspecified atom stereocenters. The molecule has 0 saturated heterocycles. The zero-order valence-electron chi connectivity index (χ0n) is 9.62. The SMILES string of the molecule is Nn1c(SCc2ccc(Cl)s2)nnc1-c1cccs1. The van der Waals surface area contributed by atoms with Crippen molar-refractivity contribution in [1.29, 1.82) is 0 Å². The molecule has 2 N–H and O–H groups in total. The van der Waals surface area contributed by atoms with Gasteiger partial charge in [0, 0.05) is 10.6 Å². The maximum absolute atomic E-state index is 6.02. The van der Waals surface area contributed by atoms with Crippen LogP contribution in [0.5, 0.6) is 0 Å². The van der Waals surface area contributed by atoms with Gasteiger partial charge in [0.1, 0.15) is 0 Å². The van der Waals surface area contributed by atoms with Gasteiger partial charge in [0.05, 0.1) is 9.21 Å². The number of hydrogen-bond acceptors (Lipinski definition) is 6. The second kappa shape index (κ2) is 5.54. The van der Waals surface area contributed by atoms with Gasteiger partial charge in [-0.3, -0.25) is 0 Å². The summed E-state index contributed by atoms with van der Waals surface area (Å²) in [7, 11) is 0. The van der Waals surface area contributed by atoms with Crippen molar-refractivity contribution >= 4 is 46.0 Å². The smallest absolute Gasteiger partial charge is 0.210 e. The number of nitrogen functional groups attached to an aromatic ring is 1. The van der Waals surface area contributed by atoms with Crippen LogP contribution in [0.4, 0.5) is 0 Å². The molecule has 3 heterocycles. The van der Waals surface area contributed by atoms with Crippen molar-refractivity contribution < 1.29 is 0 Å². The molecule has 0 amide bonds. The summed E-state index contributed by atoms with van der Waals surface area (Å²) in [6.45, 7) is 0. The molecule has 19 heavy (non-hydrogen) atoms. The Kier molecular flexibility index (Phi) is 3.79. The Morgan fingerprint density at radius 1 is 1.32 bits per heavy atom. The number of hydrogen-bond donors (Lipinski definition) is 1. The standard InChI is InChI=1S/C11H9ClN4S3/c12-9-4-3-7(19-9)6-18-11-15-14-10(16(11)13)8-2-1-5-17-8/h1-5H,6,13H2. The molecule has 0 bridgehead atoms. The Morgan fingerprint density at radius 2 is 2.21 bits per heavy atom. The van der Waals surface area contributed by atoms with Gasteiger partial charge in [-0.1, -0.05) is 29.4 Å². The summed E-state index contributed by atoms with van der Waals surface area (Å²) in [5, 5.41) is 10.9. The zero-order chi connectivity index (χ0) is 13.2. The first kappa shape index (κ1) is 13.0. The fraction of sp³-hybridized carbons (Fsp3) is 0.0909. The highest BCUT2D eigenvalue weighted by molar-refractivity contribution is 7.98. The minimum atomic E-state index is 0.696. The molecule has 0 aliphatic heterocycles. The summed E-state index contributed by atoms with van der Waals surface area (Å²) < 4.78 is 2.33. The lowest BCUT2D eigenvalue weighted by atomic mass is 10.4. The van der Waals surface area contributed by atoms with Crippen molar-refractivity contribution in [1.82, 2.24) is 14.9 Å². The third-order valence-electron chi connectivity index (χ3n) is 2.38. The molecule has 0 fully saturated rings. The molecule has 0 radical (unpaired) electrons. The number of halogens is 1. The van der Waals surface area contributed by atoms with E-state index in [0.717, 1.165) is 15.0 Å². The van der Waals surface area contributed by atoms with Crippen LogP contribution in [0.3, 0.4) is 0 Å². The summed E-state index contributed by atoms with van der Waals surface area (Å²) >= 11 is 10.6. The molecular formula is C11H9ClN4S3. The lowest BCUT2D eigenvalue weighted by Crippen LogP contribution is -2.11. The third kappa shape index (κ3) is 2.79. The Morgan fingerprint density at radius 3 is 2.89 bits per heavy atom. The molecule has 0 spiro atoms. The fourth-order valence-corrected chi connectivity index (χ4v) is 4.21. The van der Waals surface area contributed by atoms with Crippen molar-refractivity contribution in [3.05, 3.63) is 38.9 Å². The topological polar surface area (TPSA) is 56.7 Å². The lowest BCUT2D eigenvalue weighted by Gasteiger charge is -2.01. The van der Waals surface area contributed by atoms with E-state index in [0.29, 0.717) is 11.0 Å². The quantitative estimate of drug-likeness (QED) is 0.585. The molecule has 0 saturated carbocycles. The highest BCUT2D eigenvalue weighted by atomic mass is 35.5.